The van der Waals surface area contributed by atoms with Crippen molar-refractivity contribution >= 4 is 34.3 Å². The van der Waals surface area contributed by atoms with Gasteiger partial charge in [-0.1, -0.05) is 48.2 Å². The molecule has 1 heterocycles. The third kappa shape index (κ3) is 4.22. The van der Waals surface area contributed by atoms with Crippen LogP contribution in [0.2, 0.25) is 0 Å². The highest BCUT2D eigenvalue weighted by molar-refractivity contribution is 7.99. The fourth-order valence-corrected chi connectivity index (χ4v) is 4.08. The number of hydrogen-bond donors (Lipinski definition) is 1. The van der Waals surface area contributed by atoms with Crippen molar-refractivity contribution < 1.29 is 9.18 Å². The lowest BCUT2D eigenvalue weighted by atomic mass is 10.1. The molecule has 156 valence electrons. The van der Waals surface area contributed by atoms with Crippen LogP contribution >= 0.6 is 11.8 Å². The molecule has 0 bridgehead atoms. The Hall–Kier alpha value is -3.45. The number of amides is 1. The molecule has 0 aliphatic carbocycles. The molecular weight excluding hydrogens is 413 g/mol. The lowest BCUT2D eigenvalue weighted by Gasteiger charge is -2.16. The molecule has 1 amide bonds. The molecule has 0 atom stereocenters. The van der Waals surface area contributed by atoms with E-state index in [1.165, 1.54) is 12.1 Å². The van der Waals surface area contributed by atoms with Crippen LogP contribution in [-0.2, 0) is 4.79 Å². The van der Waals surface area contributed by atoms with E-state index in [1.807, 2.05) is 38.1 Å². The van der Waals surface area contributed by atoms with E-state index >= 15 is 0 Å². The molecule has 3 aromatic carbocycles. The van der Waals surface area contributed by atoms with Gasteiger partial charge in [0, 0.05) is 0 Å². The van der Waals surface area contributed by atoms with Crippen LogP contribution in [0, 0.1) is 19.7 Å². The molecule has 4 rings (SSSR count). The summed E-state index contributed by atoms with van der Waals surface area (Å²) in [6.45, 7) is 3.93. The lowest BCUT2D eigenvalue weighted by molar-refractivity contribution is -0.113. The number of carbonyl (C=O) groups excluding carboxylic acids is 1. The molecule has 0 saturated carbocycles. The highest BCUT2D eigenvalue weighted by Gasteiger charge is 2.17. The number of carbonyl (C=O) groups is 1. The zero-order valence-corrected chi connectivity index (χ0v) is 17.9. The van der Waals surface area contributed by atoms with Crippen molar-refractivity contribution in [3.8, 4) is 5.69 Å². The summed E-state index contributed by atoms with van der Waals surface area (Å²) in [4.78, 5) is 30.4. The van der Waals surface area contributed by atoms with Gasteiger partial charge in [-0.25, -0.2) is 9.37 Å². The first kappa shape index (κ1) is 20.8. The van der Waals surface area contributed by atoms with Crippen LogP contribution in [0.4, 0.5) is 10.1 Å². The van der Waals surface area contributed by atoms with Gasteiger partial charge in [0.15, 0.2) is 5.16 Å². The molecule has 1 aromatic heterocycles. The molecule has 0 saturated heterocycles. The Kier molecular flexibility index (Phi) is 5.86. The van der Waals surface area contributed by atoms with Crippen molar-refractivity contribution in [2.45, 2.75) is 19.0 Å². The summed E-state index contributed by atoms with van der Waals surface area (Å²) in [5.74, 6) is -0.911. The van der Waals surface area contributed by atoms with Gasteiger partial charge in [0.1, 0.15) is 5.82 Å². The van der Waals surface area contributed by atoms with Crippen LogP contribution in [0.5, 0.6) is 0 Å². The molecule has 1 N–H and O–H groups in total. The quantitative estimate of drug-likeness (QED) is 0.360. The van der Waals surface area contributed by atoms with Gasteiger partial charge in [0.25, 0.3) is 5.56 Å². The number of aromatic nitrogens is 2. The third-order valence-electron chi connectivity index (χ3n) is 5.04. The first-order valence-electron chi connectivity index (χ1n) is 9.71. The predicted molar refractivity (Wildman–Crippen MR) is 123 cm³/mol. The van der Waals surface area contributed by atoms with E-state index in [0.717, 1.165) is 28.6 Å². The van der Waals surface area contributed by atoms with Crippen molar-refractivity contribution in [3.63, 3.8) is 0 Å². The Bertz CT molecular complexity index is 1350. The average Bonchev–Trinajstić information content (AvgIpc) is 2.76. The Morgan fingerprint density at radius 2 is 1.77 bits per heavy atom. The number of thioether (sulfide) groups is 1. The third-order valence-corrected chi connectivity index (χ3v) is 5.98. The van der Waals surface area contributed by atoms with Crippen LogP contribution < -0.4 is 10.9 Å². The maximum Gasteiger partial charge on any atom is 0.266 e. The van der Waals surface area contributed by atoms with Gasteiger partial charge >= 0.3 is 0 Å². The van der Waals surface area contributed by atoms with Crippen LogP contribution in [-0.4, -0.2) is 21.2 Å². The molecule has 0 aliphatic rings. The normalized spacial score (nSPS) is 10.9. The van der Waals surface area contributed by atoms with E-state index in [0.29, 0.717) is 16.1 Å². The van der Waals surface area contributed by atoms with Gasteiger partial charge in [-0.2, -0.15) is 0 Å². The number of rotatable bonds is 5. The number of hydrogen-bond acceptors (Lipinski definition) is 4. The Morgan fingerprint density at radius 3 is 2.58 bits per heavy atom. The van der Waals surface area contributed by atoms with E-state index in [4.69, 9.17) is 0 Å². The molecule has 0 aliphatic heterocycles. The van der Waals surface area contributed by atoms with Crippen LogP contribution in [0.25, 0.3) is 16.6 Å². The standard InChI is InChI=1S/C24H20FN3O2S/c1-15-8-7-13-21(16(15)2)28-23(30)17-9-3-5-11-19(17)27-24(28)31-14-22(29)26-20-12-6-4-10-18(20)25/h3-13H,14H2,1-2H3,(H,26,29). The Balaban J connectivity index is 1.73. The number of fused-ring (bicyclic) bond motifs is 1. The second kappa shape index (κ2) is 8.73. The number of nitrogens with one attached hydrogen (secondary N) is 1. The van der Waals surface area contributed by atoms with Gasteiger partial charge in [0.2, 0.25) is 5.91 Å². The second-order valence-electron chi connectivity index (χ2n) is 7.09. The number of anilines is 1. The molecule has 4 aromatic rings. The van der Waals surface area contributed by atoms with Gasteiger partial charge in [-0.15, -0.1) is 0 Å². The highest BCUT2D eigenvalue weighted by Crippen LogP contribution is 2.25. The second-order valence-corrected chi connectivity index (χ2v) is 8.03. The minimum absolute atomic E-state index is 0.0238. The zero-order valence-electron chi connectivity index (χ0n) is 17.1. The smallest absolute Gasteiger partial charge is 0.266 e. The number of nitrogens with zero attached hydrogens (tertiary/aromatic N) is 2. The van der Waals surface area contributed by atoms with Crippen LogP contribution in [0.1, 0.15) is 11.1 Å². The molecule has 0 radical (unpaired) electrons. The first-order chi connectivity index (χ1) is 15.0. The molecule has 7 heteroatoms. The predicted octanol–water partition coefficient (Wildman–Crippen LogP) is 4.87. The lowest BCUT2D eigenvalue weighted by Crippen LogP contribution is -2.23. The van der Waals surface area contributed by atoms with Crippen molar-refractivity contribution in [1.82, 2.24) is 9.55 Å². The largest absolute Gasteiger partial charge is 0.323 e. The van der Waals surface area contributed by atoms with Gasteiger partial charge in [0.05, 0.1) is 28.0 Å². The summed E-state index contributed by atoms with van der Waals surface area (Å²) in [6, 6.07) is 18.8. The molecule has 0 unspecified atom stereocenters. The van der Waals surface area contributed by atoms with Gasteiger partial charge in [-0.05, 0) is 55.3 Å². The first-order valence-corrected chi connectivity index (χ1v) is 10.7. The van der Waals surface area contributed by atoms with E-state index in [2.05, 4.69) is 10.3 Å². The molecule has 31 heavy (non-hydrogen) atoms. The van der Waals surface area contributed by atoms with E-state index in [9.17, 15) is 14.0 Å². The Morgan fingerprint density at radius 1 is 1.03 bits per heavy atom. The summed E-state index contributed by atoms with van der Waals surface area (Å²) in [7, 11) is 0. The summed E-state index contributed by atoms with van der Waals surface area (Å²) in [5.41, 5.74) is 3.21. The minimum atomic E-state index is -0.503. The Labute approximate surface area is 182 Å². The summed E-state index contributed by atoms with van der Waals surface area (Å²) in [5, 5.41) is 3.47. The van der Waals surface area contributed by atoms with Crippen LogP contribution in [0.3, 0.4) is 0 Å². The molecule has 0 fully saturated rings. The van der Waals surface area contributed by atoms with Gasteiger partial charge in [-0.3, -0.25) is 14.2 Å². The minimum Gasteiger partial charge on any atom is -0.323 e. The fraction of sp³-hybridized carbons (Fsp3) is 0.125. The fourth-order valence-electron chi connectivity index (χ4n) is 3.28. The summed E-state index contributed by atoms with van der Waals surface area (Å²) >= 11 is 1.14. The van der Waals surface area contributed by atoms with Crippen molar-refractivity contribution in [3.05, 3.63) is 94.0 Å². The zero-order chi connectivity index (χ0) is 22.0. The van der Waals surface area contributed by atoms with E-state index in [1.54, 1.807) is 34.9 Å². The number of aryl methyl sites for hydroxylation is 1. The summed E-state index contributed by atoms with van der Waals surface area (Å²) < 4.78 is 15.4. The van der Waals surface area contributed by atoms with Crippen molar-refractivity contribution in [2.24, 2.45) is 0 Å². The molecular formula is C24H20FN3O2S. The number of para-hydroxylation sites is 2. The summed E-state index contributed by atoms with van der Waals surface area (Å²) in [6.07, 6.45) is 0. The maximum absolute atomic E-state index is 13.8. The monoisotopic (exact) mass is 433 g/mol. The number of halogens is 1. The van der Waals surface area contributed by atoms with Crippen LogP contribution in [0.15, 0.2) is 76.7 Å². The van der Waals surface area contributed by atoms with E-state index in [-0.39, 0.29) is 22.9 Å². The average molecular weight is 434 g/mol. The molecule has 5 nitrogen and oxygen atoms in total. The van der Waals surface area contributed by atoms with Crippen molar-refractivity contribution in [1.29, 1.82) is 0 Å². The van der Waals surface area contributed by atoms with Gasteiger partial charge < -0.3 is 5.32 Å². The van der Waals surface area contributed by atoms with Crippen molar-refractivity contribution in [2.75, 3.05) is 11.1 Å². The molecule has 0 spiro atoms. The topological polar surface area (TPSA) is 64.0 Å². The SMILES string of the molecule is Cc1cccc(-n2c(SCC(=O)Nc3ccccc3F)nc3ccccc3c2=O)c1C. The highest BCUT2D eigenvalue weighted by atomic mass is 32.2. The van der Waals surface area contributed by atoms with E-state index < -0.39 is 5.82 Å². The maximum atomic E-state index is 13.8. The number of benzene rings is 3.